The van der Waals surface area contributed by atoms with Gasteiger partial charge in [0.15, 0.2) is 0 Å². The second-order valence-electron chi connectivity index (χ2n) is 5.81. The molecule has 1 amide bonds. The third kappa shape index (κ3) is 4.01. The number of thiazole rings is 1. The summed E-state index contributed by atoms with van der Waals surface area (Å²) in [6.45, 7) is 3.97. The molecule has 7 heteroatoms. The molecular formula is C14H21N3O3S. The van der Waals surface area contributed by atoms with Crippen molar-refractivity contribution in [1.29, 1.82) is 0 Å². The lowest BCUT2D eigenvalue weighted by atomic mass is 9.99. The molecule has 6 nitrogen and oxygen atoms in total. The minimum atomic E-state index is -0.722. The van der Waals surface area contributed by atoms with E-state index in [4.69, 9.17) is 5.11 Å². The Morgan fingerprint density at radius 3 is 2.76 bits per heavy atom. The molecule has 0 radical (unpaired) electrons. The predicted octanol–water partition coefficient (Wildman–Crippen LogP) is 0.926. The summed E-state index contributed by atoms with van der Waals surface area (Å²) in [4.78, 5) is 30.9. The lowest BCUT2D eigenvalue weighted by molar-refractivity contribution is -0.142. The molecule has 116 valence electrons. The molecule has 1 aliphatic rings. The highest BCUT2D eigenvalue weighted by Crippen LogP contribution is 2.25. The van der Waals surface area contributed by atoms with Crippen LogP contribution < -0.4 is 0 Å². The first-order valence-electron chi connectivity index (χ1n) is 6.95. The molecule has 0 aliphatic carbocycles. The number of likely N-dealkylation sites (tertiary alicyclic amines) is 1. The van der Waals surface area contributed by atoms with Gasteiger partial charge in [0, 0.05) is 39.1 Å². The van der Waals surface area contributed by atoms with Crippen LogP contribution in [0.4, 0.5) is 0 Å². The van der Waals surface area contributed by atoms with Crippen molar-refractivity contribution in [2.75, 3.05) is 27.2 Å². The van der Waals surface area contributed by atoms with Crippen molar-refractivity contribution in [3.63, 3.8) is 0 Å². The number of nitrogens with zero attached hydrogens (tertiary/aromatic N) is 3. The summed E-state index contributed by atoms with van der Waals surface area (Å²) in [7, 11) is 3.46. The van der Waals surface area contributed by atoms with Crippen LogP contribution in [0, 0.1) is 11.8 Å². The van der Waals surface area contributed by atoms with E-state index in [1.807, 2.05) is 12.3 Å². The van der Waals surface area contributed by atoms with E-state index in [0.717, 1.165) is 17.2 Å². The van der Waals surface area contributed by atoms with Gasteiger partial charge in [-0.3, -0.25) is 14.5 Å². The van der Waals surface area contributed by atoms with Crippen LogP contribution in [-0.2, 0) is 22.6 Å². The quantitative estimate of drug-likeness (QED) is 0.875. The molecule has 2 rings (SSSR count). The first-order valence-corrected chi connectivity index (χ1v) is 7.83. The Kier molecular flexibility index (Phi) is 4.95. The van der Waals surface area contributed by atoms with Gasteiger partial charge in [0.25, 0.3) is 0 Å². The van der Waals surface area contributed by atoms with E-state index >= 15 is 0 Å². The van der Waals surface area contributed by atoms with Crippen LogP contribution in [0.25, 0.3) is 0 Å². The Morgan fingerprint density at radius 1 is 1.48 bits per heavy atom. The van der Waals surface area contributed by atoms with Crippen LogP contribution >= 0.6 is 11.3 Å². The molecule has 1 aromatic rings. The van der Waals surface area contributed by atoms with Gasteiger partial charge in [-0.05, 0) is 5.92 Å². The summed E-state index contributed by atoms with van der Waals surface area (Å²) in [6.07, 6.45) is 0.325. The Hall–Kier alpha value is -1.47. The van der Waals surface area contributed by atoms with Gasteiger partial charge in [-0.25, -0.2) is 4.98 Å². The summed E-state index contributed by atoms with van der Waals surface area (Å²) in [5.74, 6) is -0.813. The van der Waals surface area contributed by atoms with E-state index in [1.165, 1.54) is 11.3 Å². The van der Waals surface area contributed by atoms with Crippen molar-refractivity contribution in [2.45, 2.75) is 19.9 Å². The summed E-state index contributed by atoms with van der Waals surface area (Å²) < 4.78 is 0. The fourth-order valence-corrected chi connectivity index (χ4v) is 3.31. The van der Waals surface area contributed by atoms with Crippen LogP contribution in [0.5, 0.6) is 0 Å². The standard InChI is InChI=1S/C14H21N3O3S/c1-9-5-17(7-11(9)14(19)20)6-10-8-21-12(15-10)4-13(18)16(2)3/h8-9,11H,4-7H2,1-3H3,(H,19,20)/t9-,11-/m1/s1. The number of aliphatic carboxylic acids is 1. The average molecular weight is 311 g/mol. The zero-order chi connectivity index (χ0) is 15.6. The number of aromatic nitrogens is 1. The normalized spacial score (nSPS) is 22.4. The summed E-state index contributed by atoms with van der Waals surface area (Å²) in [6, 6.07) is 0. The van der Waals surface area contributed by atoms with Gasteiger partial charge in [-0.2, -0.15) is 0 Å². The number of likely N-dealkylation sites (N-methyl/N-ethyl adjacent to an activating group) is 1. The van der Waals surface area contributed by atoms with Crippen LogP contribution in [0.2, 0.25) is 0 Å². The molecule has 21 heavy (non-hydrogen) atoms. The highest BCUT2D eigenvalue weighted by Gasteiger charge is 2.34. The Morgan fingerprint density at radius 2 is 2.19 bits per heavy atom. The predicted molar refractivity (Wildman–Crippen MR) is 80.1 cm³/mol. The molecule has 2 atom stereocenters. The fraction of sp³-hybridized carbons (Fsp3) is 0.643. The van der Waals surface area contributed by atoms with Crippen LogP contribution in [0.3, 0.4) is 0 Å². The van der Waals surface area contributed by atoms with Gasteiger partial charge >= 0.3 is 5.97 Å². The van der Waals surface area contributed by atoms with E-state index < -0.39 is 5.97 Å². The number of hydrogen-bond acceptors (Lipinski definition) is 5. The van der Waals surface area contributed by atoms with Crippen LogP contribution in [0.1, 0.15) is 17.6 Å². The van der Waals surface area contributed by atoms with Gasteiger partial charge in [-0.1, -0.05) is 6.92 Å². The molecule has 0 spiro atoms. The van der Waals surface area contributed by atoms with Crippen LogP contribution in [0.15, 0.2) is 5.38 Å². The van der Waals surface area contributed by atoms with Gasteiger partial charge in [0.1, 0.15) is 5.01 Å². The highest BCUT2D eigenvalue weighted by molar-refractivity contribution is 7.09. The van der Waals surface area contributed by atoms with E-state index in [9.17, 15) is 9.59 Å². The van der Waals surface area contributed by atoms with Gasteiger partial charge in [-0.15, -0.1) is 11.3 Å². The number of hydrogen-bond donors (Lipinski definition) is 1. The van der Waals surface area contributed by atoms with E-state index in [2.05, 4.69) is 9.88 Å². The molecule has 1 aromatic heterocycles. The van der Waals surface area contributed by atoms with Gasteiger partial charge in [0.05, 0.1) is 18.0 Å². The highest BCUT2D eigenvalue weighted by atomic mass is 32.1. The largest absolute Gasteiger partial charge is 0.481 e. The minimum Gasteiger partial charge on any atom is -0.481 e. The maximum atomic E-state index is 11.6. The second-order valence-corrected chi connectivity index (χ2v) is 6.76. The molecule has 0 unspecified atom stereocenters. The fourth-order valence-electron chi connectivity index (χ4n) is 2.54. The molecule has 1 fully saturated rings. The molecule has 2 heterocycles. The Labute approximate surface area is 128 Å². The number of carbonyl (C=O) groups is 2. The van der Waals surface area contributed by atoms with Crippen molar-refractivity contribution in [3.8, 4) is 0 Å². The first kappa shape index (κ1) is 15.9. The zero-order valence-electron chi connectivity index (χ0n) is 12.6. The average Bonchev–Trinajstić information content (AvgIpc) is 2.96. The van der Waals surface area contributed by atoms with Crippen molar-refractivity contribution >= 4 is 23.2 Å². The summed E-state index contributed by atoms with van der Waals surface area (Å²) >= 11 is 1.48. The minimum absolute atomic E-state index is 0.0386. The lowest BCUT2D eigenvalue weighted by Crippen LogP contribution is -2.24. The monoisotopic (exact) mass is 311 g/mol. The smallest absolute Gasteiger partial charge is 0.308 e. The van der Waals surface area contributed by atoms with Crippen LogP contribution in [-0.4, -0.2) is 59.0 Å². The van der Waals surface area contributed by atoms with Crippen molar-refractivity contribution in [2.24, 2.45) is 11.8 Å². The number of carbonyl (C=O) groups excluding carboxylic acids is 1. The van der Waals surface area contributed by atoms with Crippen molar-refractivity contribution in [1.82, 2.24) is 14.8 Å². The number of rotatable bonds is 5. The molecule has 1 N–H and O–H groups in total. The lowest BCUT2D eigenvalue weighted by Gasteiger charge is -2.13. The third-order valence-electron chi connectivity index (χ3n) is 3.79. The second kappa shape index (κ2) is 6.53. The van der Waals surface area contributed by atoms with E-state index in [0.29, 0.717) is 19.5 Å². The van der Waals surface area contributed by atoms with E-state index in [1.54, 1.807) is 19.0 Å². The third-order valence-corrected chi connectivity index (χ3v) is 4.69. The molecule has 0 aromatic carbocycles. The summed E-state index contributed by atoms with van der Waals surface area (Å²) in [5.41, 5.74) is 0.916. The molecular weight excluding hydrogens is 290 g/mol. The summed E-state index contributed by atoms with van der Waals surface area (Å²) in [5, 5.41) is 11.9. The SMILES string of the molecule is C[C@@H]1CN(Cc2csc(CC(=O)N(C)C)n2)C[C@H]1C(=O)O. The first-order chi connectivity index (χ1) is 9.86. The number of carboxylic acid groups (broad SMARTS) is 1. The van der Waals surface area contributed by atoms with Gasteiger partial charge < -0.3 is 10.0 Å². The molecule has 1 saturated heterocycles. The molecule has 0 bridgehead atoms. The maximum absolute atomic E-state index is 11.6. The molecule has 0 saturated carbocycles. The Bertz CT molecular complexity index is 529. The van der Waals surface area contributed by atoms with Gasteiger partial charge in [0.2, 0.25) is 5.91 Å². The zero-order valence-corrected chi connectivity index (χ0v) is 13.4. The maximum Gasteiger partial charge on any atom is 0.308 e. The van der Waals surface area contributed by atoms with Crippen molar-refractivity contribution in [3.05, 3.63) is 16.1 Å². The van der Waals surface area contributed by atoms with E-state index in [-0.39, 0.29) is 17.7 Å². The number of carboxylic acids is 1. The molecule has 1 aliphatic heterocycles. The topological polar surface area (TPSA) is 73.7 Å². The Balaban J connectivity index is 1.91. The number of amides is 1. The van der Waals surface area contributed by atoms with Crippen molar-refractivity contribution < 1.29 is 14.7 Å².